The van der Waals surface area contributed by atoms with Gasteiger partial charge in [0, 0.05) is 18.7 Å². The first-order valence-corrected chi connectivity index (χ1v) is 8.76. The van der Waals surface area contributed by atoms with Crippen molar-refractivity contribution in [1.82, 2.24) is 24.6 Å². The number of halogens is 3. The van der Waals surface area contributed by atoms with Crippen LogP contribution in [0, 0.1) is 0 Å². The first-order valence-electron chi connectivity index (χ1n) is 7.62. The number of benzene rings is 1. The van der Waals surface area contributed by atoms with Crippen LogP contribution in [-0.2, 0) is 8.53 Å². The van der Waals surface area contributed by atoms with Crippen LogP contribution < -0.4 is 4.90 Å². The lowest BCUT2D eigenvalue weighted by Crippen LogP contribution is -2.38. The van der Waals surface area contributed by atoms with Gasteiger partial charge >= 0.3 is 0 Å². The molecule has 0 unspecified atom stereocenters. The molecule has 0 radical (unpaired) electrons. The summed E-state index contributed by atoms with van der Waals surface area (Å²) in [5.41, 5.74) is 0.827. The second-order valence-corrected chi connectivity index (χ2v) is 7.75. The molecule has 0 amide bonds. The molecule has 0 spiro atoms. The van der Waals surface area contributed by atoms with Gasteiger partial charge in [-0.25, -0.2) is 4.40 Å². The normalized spacial score (nSPS) is 15.7. The molecular weight excluding hydrogens is 387 g/mol. The van der Waals surface area contributed by atoms with Crippen LogP contribution >= 0.6 is 34.8 Å². The molecule has 0 bridgehead atoms. The summed E-state index contributed by atoms with van der Waals surface area (Å²) in [6.07, 6.45) is 0. The molecule has 0 N–H and O–H groups in total. The number of hydrogen-bond donors (Lipinski definition) is 0. The summed E-state index contributed by atoms with van der Waals surface area (Å²) in [4.78, 5) is 11.0. The van der Waals surface area contributed by atoms with Crippen LogP contribution in [0.1, 0.15) is 5.82 Å². The van der Waals surface area contributed by atoms with Crippen molar-refractivity contribution in [3.8, 4) is 11.4 Å². The molecule has 4 rings (SSSR count). The second kappa shape index (κ2) is 6.57. The molecule has 1 aliphatic heterocycles. The van der Waals surface area contributed by atoms with E-state index in [1.165, 1.54) is 0 Å². The number of fused-ring (bicyclic) bond motifs is 1. The van der Waals surface area contributed by atoms with Crippen molar-refractivity contribution in [2.45, 2.75) is 3.79 Å². The summed E-state index contributed by atoms with van der Waals surface area (Å²) in [7, 11) is 0. The van der Waals surface area contributed by atoms with Gasteiger partial charge in [0.05, 0.1) is 13.2 Å². The van der Waals surface area contributed by atoms with Crippen LogP contribution in [0.2, 0.25) is 0 Å². The first kappa shape index (κ1) is 16.8. The van der Waals surface area contributed by atoms with E-state index in [-0.39, 0.29) is 5.82 Å². The van der Waals surface area contributed by atoms with Gasteiger partial charge in [0.25, 0.3) is 5.78 Å². The van der Waals surface area contributed by atoms with E-state index in [9.17, 15) is 0 Å². The Labute approximate surface area is 158 Å². The Morgan fingerprint density at radius 1 is 0.960 bits per heavy atom. The van der Waals surface area contributed by atoms with Crippen LogP contribution in [-0.4, -0.2) is 50.9 Å². The Balaban J connectivity index is 1.91. The summed E-state index contributed by atoms with van der Waals surface area (Å²) in [6, 6.07) is 9.50. The molecule has 10 heteroatoms. The van der Waals surface area contributed by atoms with Gasteiger partial charge in [0.1, 0.15) is 0 Å². The fourth-order valence-corrected chi connectivity index (χ4v) is 3.05. The van der Waals surface area contributed by atoms with Crippen LogP contribution in [0.4, 0.5) is 5.95 Å². The Morgan fingerprint density at radius 3 is 2.36 bits per heavy atom. The first-order chi connectivity index (χ1) is 12.0. The number of hydrogen-bond acceptors (Lipinski definition) is 6. The molecular formula is C15H13Cl3N6O. The van der Waals surface area contributed by atoms with E-state index in [4.69, 9.17) is 39.5 Å². The molecule has 1 aromatic carbocycles. The lowest BCUT2D eigenvalue weighted by molar-refractivity contribution is 0.122. The van der Waals surface area contributed by atoms with E-state index >= 15 is 0 Å². The van der Waals surface area contributed by atoms with E-state index in [2.05, 4.69) is 20.2 Å². The van der Waals surface area contributed by atoms with Crippen molar-refractivity contribution < 1.29 is 4.74 Å². The fourth-order valence-electron chi connectivity index (χ4n) is 2.67. The molecule has 3 heterocycles. The van der Waals surface area contributed by atoms with Crippen molar-refractivity contribution in [2.24, 2.45) is 0 Å². The molecule has 1 aliphatic rings. The maximum Gasteiger partial charge on any atom is 0.260 e. The van der Waals surface area contributed by atoms with Crippen molar-refractivity contribution in [3.63, 3.8) is 0 Å². The minimum Gasteiger partial charge on any atom is -0.378 e. The highest BCUT2D eigenvalue weighted by Gasteiger charge is 2.32. The topological polar surface area (TPSA) is 68.4 Å². The molecule has 2 aromatic heterocycles. The minimum atomic E-state index is -1.76. The van der Waals surface area contributed by atoms with Gasteiger partial charge in [0.15, 0.2) is 11.6 Å². The summed E-state index contributed by atoms with van der Waals surface area (Å²) < 4.78 is 5.18. The molecule has 1 fully saturated rings. The quantitative estimate of drug-likeness (QED) is 0.617. The number of nitrogens with zero attached hydrogens (tertiary/aromatic N) is 6. The Bertz CT molecular complexity index is 889. The third-order valence-electron chi connectivity index (χ3n) is 3.84. The van der Waals surface area contributed by atoms with Crippen molar-refractivity contribution >= 4 is 46.5 Å². The van der Waals surface area contributed by atoms with Crippen molar-refractivity contribution in [1.29, 1.82) is 0 Å². The van der Waals surface area contributed by atoms with Gasteiger partial charge in [-0.15, -0.1) is 10.2 Å². The number of anilines is 1. The molecule has 1 saturated heterocycles. The predicted octanol–water partition coefficient (Wildman–Crippen LogP) is 2.85. The minimum absolute atomic E-state index is 0.202. The van der Waals surface area contributed by atoms with Gasteiger partial charge in [0.2, 0.25) is 9.74 Å². The van der Waals surface area contributed by atoms with Crippen LogP contribution in [0.25, 0.3) is 17.2 Å². The van der Waals surface area contributed by atoms with Gasteiger partial charge in [-0.3, -0.25) is 0 Å². The van der Waals surface area contributed by atoms with E-state index in [1.807, 2.05) is 35.2 Å². The highest BCUT2D eigenvalue weighted by molar-refractivity contribution is 6.66. The van der Waals surface area contributed by atoms with Crippen molar-refractivity contribution in [2.75, 3.05) is 31.2 Å². The number of ether oxygens (including phenoxy) is 1. The van der Waals surface area contributed by atoms with Gasteiger partial charge < -0.3 is 9.64 Å². The zero-order valence-electron chi connectivity index (χ0n) is 12.9. The molecule has 130 valence electrons. The molecule has 0 saturated carbocycles. The second-order valence-electron chi connectivity index (χ2n) is 5.47. The van der Waals surface area contributed by atoms with Gasteiger partial charge in [-0.05, 0) is 0 Å². The third-order valence-corrected chi connectivity index (χ3v) is 4.35. The van der Waals surface area contributed by atoms with Crippen LogP contribution in [0.3, 0.4) is 0 Å². The lowest BCUT2D eigenvalue weighted by Gasteiger charge is -2.27. The molecule has 7 nitrogen and oxygen atoms in total. The predicted molar refractivity (Wildman–Crippen MR) is 96.3 cm³/mol. The van der Waals surface area contributed by atoms with E-state index in [0.717, 1.165) is 5.56 Å². The molecule has 25 heavy (non-hydrogen) atoms. The smallest absolute Gasteiger partial charge is 0.260 e. The van der Waals surface area contributed by atoms with E-state index in [1.54, 1.807) is 4.40 Å². The summed E-state index contributed by atoms with van der Waals surface area (Å²) in [5.74, 6) is 1.50. The average Bonchev–Trinajstić information content (AvgIpc) is 3.05. The highest BCUT2D eigenvalue weighted by Crippen LogP contribution is 2.38. The van der Waals surface area contributed by atoms with E-state index in [0.29, 0.717) is 43.9 Å². The standard InChI is InChI=1S/C15H13Cl3N6O/c16-15(17,18)12-19-13(23-6-8-25-9-7-23)20-14-22-21-11(24(12)14)10-4-2-1-3-5-10/h1-5H,6-9H2. The fraction of sp³-hybridized carbons (Fsp3) is 0.333. The number of alkyl halides is 3. The Hall–Kier alpha value is -1.67. The average molecular weight is 400 g/mol. The zero-order chi connectivity index (χ0) is 17.4. The summed E-state index contributed by atoms with van der Waals surface area (Å²) in [6.45, 7) is 2.52. The number of rotatable bonds is 2. The monoisotopic (exact) mass is 398 g/mol. The van der Waals surface area contributed by atoms with Gasteiger partial charge in [-0.1, -0.05) is 65.1 Å². The maximum absolute atomic E-state index is 6.19. The molecule has 0 atom stereocenters. The molecule has 3 aromatic rings. The van der Waals surface area contributed by atoms with Gasteiger partial charge in [-0.2, -0.15) is 9.97 Å². The SMILES string of the molecule is ClC(Cl)(Cl)c1nc(N2CCOCC2)nc2nnc(-c3ccccc3)n12. The summed E-state index contributed by atoms with van der Waals surface area (Å²) in [5, 5.41) is 8.37. The summed E-state index contributed by atoms with van der Waals surface area (Å²) >= 11 is 18.6. The van der Waals surface area contributed by atoms with Crippen LogP contribution in [0.15, 0.2) is 30.3 Å². The number of morpholine rings is 1. The van der Waals surface area contributed by atoms with Crippen LogP contribution in [0.5, 0.6) is 0 Å². The number of aromatic nitrogens is 5. The van der Waals surface area contributed by atoms with Crippen molar-refractivity contribution in [3.05, 3.63) is 36.2 Å². The highest BCUT2D eigenvalue weighted by atomic mass is 35.6. The third kappa shape index (κ3) is 3.25. The molecule has 0 aliphatic carbocycles. The Kier molecular flexibility index (Phi) is 4.41. The maximum atomic E-state index is 6.19. The van der Waals surface area contributed by atoms with E-state index < -0.39 is 3.79 Å². The lowest BCUT2D eigenvalue weighted by atomic mass is 10.2. The largest absolute Gasteiger partial charge is 0.378 e. The zero-order valence-corrected chi connectivity index (χ0v) is 15.2. The Morgan fingerprint density at radius 2 is 1.68 bits per heavy atom.